The minimum atomic E-state index is 0.745. The van der Waals surface area contributed by atoms with Gasteiger partial charge in [-0.1, -0.05) is 121 Å². The van der Waals surface area contributed by atoms with E-state index in [-0.39, 0.29) is 0 Å². The van der Waals surface area contributed by atoms with Crippen molar-refractivity contribution < 1.29 is 0 Å². The second-order valence-electron chi connectivity index (χ2n) is 9.21. The highest BCUT2D eigenvalue weighted by Gasteiger charge is 2.13. The van der Waals surface area contributed by atoms with Crippen molar-refractivity contribution in [3.8, 4) is 33.4 Å². The lowest BCUT2D eigenvalue weighted by molar-refractivity contribution is 1.28. The molecule has 0 aliphatic heterocycles. The van der Waals surface area contributed by atoms with Crippen molar-refractivity contribution in [1.29, 1.82) is 0 Å². The Morgan fingerprint density at radius 2 is 0.553 bits per heavy atom. The number of anilines is 3. The zero-order valence-corrected chi connectivity index (χ0v) is 21.6. The highest BCUT2D eigenvalue weighted by molar-refractivity contribution is 6.30. The molecule has 0 amide bonds. The SMILES string of the molecule is Clc1ccc(-c2ccc(N(c3ccc(-c4ccccc4)cc3)c3ccc(-c4ccccc4)cc3)cc2)cc1. The predicted octanol–water partition coefficient (Wildman–Crippen LogP) is 10.8. The first-order valence-electron chi connectivity index (χ1n) is 12.7. The Bertz CT molecular complexity index is 1520. The summed E-state index contributed by atoms with van der Waals surface area (Å²) in [6.45, 7) is 0. The summed E-state index contributed by atoms with van der Waals surface area (Å²) in [6, 6.07) is 55.2. The highest BCUT2D eigenvalue weighted by Crippen LogP contribution is 2.37. The fraction of sp³-hybridized carbons (Fsp3) is 0. The lowest BCUT2D eigenvalue weighted by Gasteiger charge is -2.26. The lowest BCUT2D eigenvalue weighted by Crippen LogP contribution is -2.09. The van der Waals surface area contributed by atoms with Crippen LogP contribution in [0.4, 0.5) is 17.1 Å². The maximum atomic E-state index is 6.10. The van der Waals surface area contributed by atoms with Crippen LogP contribution in [0.3, 0.4) is 0 Å². The number of hydrogen-bond acceptors (Lipinski definition) is 1. The van der Waals surface area contributed by atoms with Gasteiger partial charge < -0.3 is 4.90 Å². The van der Waals surface area contributed by atoms with Gasteiger partial charge in [-0.05, 0) is 81.9 Å². The van der Waals surface area contributed by atoms with Gasteiger partial charge in [0.15, 0.2) is 0 Å². The molecule has 6 aromatic rings. The van der Waals surface area contributed by atoms with Gasteiger partial charge in [0.1, 0.15) is 0 Å². The van der Waals surface area contributed by atoms with Crippen LogP contribution in [-0.2, 0) is 0 Å². The van der Waals surface area contributed by atoms with Gasteiger partial charge in [0, 0.05) is 22.1 Å². The summed E-state index contributed by atoms with van der Waals surface area (Å²) in [4.78, 5) is 2.30. The molecule has 0 bridgehead atoms. The zero-order valence-electron chi connectivity index (χ0n) is 20.8. The van der Waals surface area contributed by atoms with Crippen molar-refractivity contribution in [3.63, 3.8) is 0 Å². The monoisotopic (exact) mass is 507 g/mol. The summed E-state index contributed by atoms with van der Waals surface area (Å²) < 4.78 is 0. The minimum absolute atomic E-state index is 0.745. The fourth-order valence-electron chi connectivity index (χ4n) is 4.76. The van der Waals surface area contributed by atoms with Gasteiger partial charge in [0.25, 0.3) is 0 Å². The van der Waals surface area contributed by atoms with Crippen LogP contribution < -0.4 is 4.90 Å². The summed E-state index contributed by atoms with van der Waals surface area (Å²) >= 11 is 6.10. The molecule has 0 saturated carbocycles. The standard InChI is InChI=1S/C36H26ClN/c37-33-19-11-29(12-20-33)32-17-25-36(26-18-32)38(34-21-13-30(14-22-34)27-7-3-1-4-8-27)35-23-15-31(16-24-35)28-9-5-2-6-10-28/h1-26H. The van der Waals surface area contributed by atoms with E-state index >= 15 is 0 Å². The molecule has 0 N–H and O–H groups in total. The molecule has 2 heteroatoms. The zero-order chi connectivity index (χ0) is 25.7. The van der Waals surface area contributed by atoms with Crippen LogP contribution in [0.1, 0.15) is 0 Å². The van der Waals surface area contributed by atoms with Gasteiger partial charge in [-0.2, -0.15) is 0 Å². The van der Waals surface area contributed by atoms with E-state index in [9.17, 15) is 0 Å². The smallest absolute Gasteiger partial charge is 0.0462 e. The number of hydrogen-bond donors (Lipinski definition) is 0. The van der Waals surface area contributed by atoms with Gasteiger partial charge >= 0.3 is 0 Å². The van der Waals surface area contributed by atoms with Gasteiger partial charge in [-0.3, -0.25) is 0 Å². The molecule has 0 atom stereocenters. The molecule has 0 radical (unpaired) electrons. The van der Waals surface area contributed by atoms with Gasteiger partial charge in [0.05, 0.1) is 0 Å². The van der Waals surface area contributed by atoms with Crippen LogP contribution in [-0.4, -0.2) is 0 Å². The molecule has 0 aromatic heterocycles. The Morgan fingerprint density at radius 1 is 0.289 bits per heavy atom. The van der Waals surface area contributed by atoms with E-state index in [1.165, 1.54) is 22.3 Å². The Balaban J connectivity index is 1.38. The first kappa shape index (κ1) is 23.8. The average molecular weight is 508 g/mol. The quantitative estimate of drug-likeness (QED) is 0.216. The third kappa shape index (κ3) is 5.11. The third-order valence-corrected chi connectivity index (χ3v) is 7.02. The molecule has 0 heterocycles. The Kier molecular flexibility index (Phi) is 6.76. The molecule has 0 aliphatic rings. The van der Waals surface area contributed by atoms with E-state index in [1.54, 1.807) is 0 Å². The van der Waals surface area contributed by atoms with Crippen LogP contribution in [0, 0.1) is 0 Å². The Hall–Kier alpha value is -4.59. The third-order valence-electron chi connectivity index (χ3n) is 6.77. The summed E-state index contributed by atoms with van der Waals surface area (Å²) in [5.41, 5.74) is 10.4. The van der Waals surface area contributed by atoms with Crippen molar-refractivity contribution >= 4 is 28.7 Å². The molecule has 0 spiro atoms. The van der Waals surface area contributed by atoms with Crippen molar-refractivity contribution in [3.05, 3.63) is 163 Å². The van der Waals surface area contributed by atoms with E-state index in [0.717, 1.165) is 33.2 Å². The van der Waals surface area contributed by atoms with Gasteiger partial charge in [-0.15, -0.1) is 0 Å². The average Bonchev–Trinajstić information content (AvgIpc) is 3.00. The second kappa shape index (κ2) is 10.8. The van der Waals surface area contributed by atoms with E-state index < -0.39 is 0 Å². The number of rotatable bonds is 6. The lowest BCUT2D eigenvalue weighted by atomic mass is 10.0. The van der Waals surface area contributed by atoms with E-state index in [2.05, 4.69) is 138 Å². The number of benzene rings is 6. The molecule has 0 saturated heterocycles. The largest absolute Gasteiger partial charge is 0.311 e. The normalized spacial score (nSPS) is 10.8. The van der Waals surface area contributed by atoms with Crippen LogP contribution in [0.15, 0.2) is 158 Å². The van der Waals surface area contributed by atoms with Crippen LogP contribution in [0.2, 0.25) is 5.02 Å². The van der Waals surface area contributed by atoms with E-state index in [0.29, 0.717) is 0 Å². The second-order valence-corrected chi connectivity index (χ2v) is 9.65. The molecular weight excluding hydrogens is 482 g/mol. The molecule has 6 rings (SSSR count). The van der Waals surface area contributed by atoms with Crippen LogP contribution >= 0.6 is 11.6 Å². The molecule has 0 fully saturated rings. The Morgan fingerprint density at radius 3 is 0.868 bits per heavy atom. The highest BCUT2D eigenvalue weighted by atomic mass is 35.5. The summed E-state index contributed by atoms with van der Waals surface area (Å²) in [7, 11) is 0. The topological polar surface area (TPSA) is 3.24 Å². The predicted molar refractivity (Wildman–Crippen MR) is 162 cm³/mol. The molecule has 38 heavy (non-hydrogen) atoms. The van der Waals surface area contributed by atoms with E-state index in [1.807, 2.05) is 24.3 Å². The summed E-state index contributed by atoms with van der Waals surface area (Å²) in [6.07, 6.45) is 0. The van der Waals surface area contributed by atoms with Crippen molar-refractivity contribution in [1.82, 2.24) is 0 Å². The van der Waals surface area contributed by atoms with Crippen molar-refractivity contribution in [2.45, 2.75) is 0 Å². The molecular formula is C36H26ClN. The summed E-state index contributed by atoms with van der Waals surface area (Å²) in [5.74, 6) is 0. The maximum absolute atomic E-state index is 6.10. The van der Waals surface area contributed by atoms with Gasteiger partial charge in [0.2, 0.25) is 0 Å². The maximum Gasteiger partial charge on any atom is 0.0462 e. The summed E-state index contributed by atoms with van der Waals surface area (Å²) in [5, 5.41) is 0.745. The van der Waals surface area contributed by atoms with E-state index in [4.69, 9.17) is 11.6 Å². The number of nitrogens with zero attached hydrogens (tertiary/aromatic N) is 1. The molecule has 182 valence electrons. The molecule has 0 unspecified atom stereocenters. The van der Waals surface area contributed by atoms with Gasteiger partial charge in [-0.25, -0.2) is 0 Å². The minimum Gasteiger partial charge on any atom is -0.311 e. The first-order valence-corrected chi connectivity index (χ1v) is 13.1. The van der Waals surface area contributed by atoms with Crippen LogP contribution in [0.25, 0.3) is 33.4 Å². The van der Waals surface area contributed by atoms with Crippen molar-refractivity contribution in [2.24, 2.45) is 0 Å². The fourth-order valence-corrected chi connectivity index (χ4v) is 4.89. The first-order chi connectivity index (χ1) is 18.7. The molecule has 0 aliphatic carbocycles. The van der Waals surface area contributed by atoms with Crippen molar-refractivity contribution in [2.75, 3.05) is 4.90 Å². The molecule has 1 nitrogen and oxygen atoms in total. The van der Waals surface area contributed by atoms with Crippen LogP contribution in [0.5, 0.6) is 0 Å². The Labute approximate surface area is 229 Å². The molecule has 6 aromatic carbocycles. The number of halogens is 1.